The van der Waals surface area contributed by atoms with Gasteiger partial charge in [-0.3, -0.25) is 4.79 Å². The summed E-state index contributed by atoms with van der Waals surface area (Å²) in [5.41, 5.74) is 1.69. The Kier molecular flexibility index (Phi) is 3.19. The molecule has 1 amide bonds. The number of rotatable bonds is 2. The molecule has 1 aromatic heterocycles. The van der Waals surface area contributed by atoms with Gasteiger partial charge in [-0.2, -0.15) is 0 Å². The van der Waals surface area contributed by atoms with Gasteiger partial charge in [0.2, 0.25) is 0 Å². The molecule has 2 unspecified atom stereocenters. The number of benzene rings is 1. The minimum Gasteiger partial charge on any atom is -0.361 e. The molecule has 1 aromatic carbocycles. The van der Waals surface area contributed by atoms with Gasteiger partial charge in [0.05, 0.1) is 11.1 Å². The lowest BCUT2D eigenvalue weighted by molar-refractivity contribution is 0.0897. The van der Waals surface area contributed by atoms with E-state index in [0.717, 1.165) is 35.9 Å². The Morgan fingerprint density at radius 1 is 1.24 bits per heavy atom. The van der Waals surface area contributed by atoms with E-state index in [0.29, 0.717) is 12.1 Å². The van der Waals surface area contributed by atoms with Crippen molar-refractivity contribution in [1.82, 2.24) is 15.2 Å². The van der Waals surface area contributed by atoms with Crippen LogP contribution in [0.5, 0.6) is 0 Å². The van der Waals surface area contributed by atoms with Crippen LogP contribution in [0.1, 0.15) is 36.0 Å². The van der Waals surface area contributed by atoms with Gasteiger partial charge in [0.25, 0.3) is 5.91 Å². The normalized spacial score (nSPS) is 25.9. The van der Waals surface area contributed by atoms with Gasteiger partial charge in [-0.15, -0.1) is 0 Å². The summed E-state index contributed by atoms with van der Waals surface area (Å²) in [6.07, 6.45) is 6.67. The largest absolute Gasteiger partial charge is 0.361 e. The van der Waals surface area contributed by atoms with Crippen LogP contribution in [-0.4, -0.2) is 41.0 Å². The second kappa shape index (κ2) is 5.19. The second-order valence-electron chi connectivity index (χ2n) is 6.27. The minimum atomic E-state index is 0.0551. The fourth-order valence-corrected chi connectivity index (χ4v) is 3.89. The van der Waals surface area contributed by atoms with Crippen LogP contribution in [0.15, 0.2) is 30.5 Å². The molecule has 0 bridgehead atoms. The van der Waals surface area contributed by atoms with E-state index in [1.807, 2.05) is 30.5 Å². The number of aromatic amines is 1. The van der Waals surface area contributed by atoms with Crippen molar-refractivity contribution in [1.29, 1.82) is 0 Å². The molecule has 2 atom stereocenters. The van der Waals surface area contributed by atoms with Gasteiger partial charge in [0.1, 0.15) is 0 Å². The molecule has 21 heavy (non-hydrogen) atoms. The quantitative estimate of drug-likeness (QED) is 0.889. The first kappa shape index (κ1) is 12.9. The first-order chi connectivity index (χ1) is 10.3. The smallest absolute Gasteiger partial charge is 0.253 e. The number of para-hydroxylation sites is 1. The van der Waals surface area contributed by atoms with Crippen LogP contribution in [0.3, 0.4) is 0 Å². The number of carbonyl (C=O) groups is 1. The Labute approximate surface area is 124 Å². The molecule has 4 heteroatoms. The standard InChI is InChI=1S/C17H21N3O/c21-17(15-5-1-3-12-6-8-18-16(12)15)19-13-7-10-20-9-2-4-14(20)11-13/h1,3,5-6,8,13-14,18H,2,4,7,9-11H2,(H,19,21). The first-order valence-electron chi connectivity index (χ1n) is 7.92. The summed E-state index contributed by atoms with van der Waals surface area (Å²) >= 11 is 0. The molecule has 2 aliphatic rings. The molecule has 4 nitrogen and oxygen atoms in total. The number of nitrogens with zero attached hydrogens (tertiary/aromatic N) is 1. The second-order valence-corrected chi connectivity index (χ2v) is 6.27. The molecule has 2 saturated heterocycles. The van der Waals surface area contributed by atoms with Gasteiger partial charge in [-0.25, -0.2) is 0 Å². The van der Waals surface area contributed by atoms with E-state index in [9.17, 15) is 4.79 Å². The molecule has 110 valence electrons. The van der Waals surface area contributed by atoms with Gasteiger partial charge in [-0.1, -0.05) is 12.1 Å². The minimum absolute atomic E-state index is 0.0551. The van der Waals surface area contributed by atoms with Crippen LogP contribution in [0.2, 0.25) is 0 Å². The van der Waals surface area contributed by atoms with Crippen molar-refractivity contribution in [2.24, 2.45) is 0 Å². The summed E-state index contributed by atoms with van der Waals surface area (Å²) in [7, 11) is 0. The van der Waals surface area contributed by atoms with Crippen LogP contribution in [0.25, 0.3) is 10.9 Å². The first-order valence-corrected chi connectivity index (χ1v) is 7.92. The number of piperidine rings is 1. The molecule has 2 N–H and O–H groups in total. The lowest BCUT2D eigenvalue weighted by atomic mass is 9.97. The molecule has 2 aliphatic heterocycles. The Hall–Kier alpha value is -1.81. The van der Waals surface area contributed by atoms with Crippen molar-refractivity contribution in [2.75, 3.05) is 13.1 Å². The monoisotopic (exact) mass is 283 g/mol. The van der Waals surface area contributed by atoms with Gasteiger partial charge in [0.15, 0.2) is 0 Å². The highest BCUT2D eigenvalue weighted by atomic mass is 16.1. The maximum absolute atomic E-state index is 12.6. The predicted octanol–water partition coefficient (Wildman–Crippen LogP) is 2.52. The summed E-state index contributed by atoms with van der Waals surface area (Å²) in [6.45, 7) is 2.37. The van der Waals surface area contributed by atoms with Gasteiger partial charge in [-0.05, 0) is 44.4 Å². The number of aromatic nitrogens is 1. The van der Waals surface area contributed by atoms with Crippen LogP contribution < -0.4 is 5.32 Å². The molecule has 0 radical (unpaired) electrons. The van der Waals surface area contributed by atoms with Crippen molar-refractivity contribution in [3.05, 3.63) is 36.0 Å². The fourth-order valence-electron chi connectivity index (χ4n) is 3.89. The molecule has 2 aromatic rings. The van der Waals surface area contributed by atoms with Gasteiger partial charge in [0, 0.05) is 30.2 Å². The molecule has 4 rings (SSSR count). The highest BCUT2D eigenvalue weighted by Crippen LogP contribution is 2.27. The van der Waals surface area contributed by atoms with E-state index in [1.54, 1.807) is 0 Å². The third-order valence-corrected chi connectivity index (χ3v) is 4.99. The third kappa shape index (κ3) is 2.33. The summed E-state index contributed by atoms with van der Waals surface area (Å²) in [5.74, 6) is 0.0551. The number of hydrogen-bond donors (Lipinski definition) is 2. The Morgan fingerprint density at radius 3 is 3.14 bits per heavy atom. The summed E-state index contributed by atoms with van der Waals surface area (Å²) < 4.78 is 0. The van der Waals surface area contributed by atoms with E-state index in [-0.39, 0.29) is 5.91 Å². The Balaban J connectivity index is 1.49. The molecule has 0 aliphatic carbocycles. The number of amides is 1. The van der Waals surface area contributed by atoms with Crippen molar-refractivity contribution in [3.8, 4) is 0 Å². The third-order valence-electron chi connectivity index (χ3n) is 4.99. The van der Waals surface area contributed by atoms with Crippen molar-refractivity contribution in [3.63, 3.8) is 0 Å². The number of hydrogen-bond acceptors (Lipinski definition) is 2. The molecule has 0 spiro atoms. The Bertz CT molecular complexity index is 663. The molecule has 2 fully saturated rings. The number of H-pyrrole nitrogens is 1. The van der Waals surface area contributed by atoms with Crippen molar-refractivity contribution < 1.29 is 4.79 Å². The molecule has 3 heterocycles. The summed E-state index contributed by atoms with van der Waals surface area (Å²) in [4.78, 5) is 18.3. The number of carbonyl (C=O) groups excluding carboxylic acids is 1. The zero-order chi connectivity index (χ0) is 14.2. The van der Waals surface area contributed by atoms with Crippen LogP contribution in [-0.2, 0) is 0 Å². The zero-order valence-corrected chi connectivity index (χ0v) is 12.1. The molecular weight excluding hydrogens is 262 g/mol. The fraction of sp³-hybridized carbons (Fsp3) is 0.471. The lowest BCUT2D eigenvalue weighted by Crippen LogP contribution is -2.47. The van der Waals surface area contributed by atoms with Gasteiger partial charge < -0.3 is 15.2 Å². The highest BCUT2D eigenvalue weighted by molar-refractivity contribution is 6.05. The van der Waals surface area contributed by atoms with E-state index in [2.05, 4.69) is 15.2 Å². The van der Waals surface area contributed by atoms with E-state index in [4.69, 9.17) is 0 Å². The molecule has 0 saturated carbocycles. The average molecular weight is 283 g/mol. The number of nitrogens with one attached hydrogen (secondary N) is 2. The average Bonchev–Trinajstić information content (AvgIpc) is 3.14. The topological polar surface area (TPSA) is 48.1 Å². The van der Waals surface area contributed by atoms with Crippen molar-refractivity contribution >= 4 is 16.8 Å². The SMILES string of the molecule is O=C(NC1CCN2CCCC2C1)c1cccc2cc[nH]c12. The van der Waals surface area contributed by atoms with E-state index in [1.165, 1.54) is 19.4 Å². The zero-order valence-electron chi connectivity index (χ0n) is 12.1. The Morgan fingerprint density at radius 2 is 2.19 bits per heavy atom. The summed E-state index contributed by atoms with van der Waals surface area (Å²) in [5, 5.41) is 4.34. The van der Waals surface area contributed by atoms with Crippen LogP contribution in [0.4, 0.5) is 0 Å². The van der Waals surface area contributed by atoms with Crippen molar-refractivity contribution in [2.45, 2.75) is 37.8 Å². The van der Waals surface area contributed by atoms with Crippen LogP contribution >= 0.6 is 0 Å². The maximum atomic E-state index is 12.6. The maximum Gasteiger partial charge on any atom is 0.253 e. The summed E-state index contributed by atoms with van der Waals surface area (Å²) in [6, 6.07) is 8.89. The van der Waals surface area contributed by atoms with Gasteiger partial charge >= 0.3 is 0 Å². The van der Waals surface area contributed by atoms with Crippen LogP contribution in [0, 0.1) is 0 Å². The number of fused-ring (bicyclic) bond motifs is 2. The predicted molar refractivity (Wildman–Crippen MR) is 83.4 cm³/mol. The van der Waals surface area contributed by atoms with E-state index >= 15 is 0 Å². The lowest BCUT2D eigenvalue weighted by Gasteiger charge is -2.35. The molecular formula is C17H21N3O. The van der Waals surface area contributed by atoms with E-state index < -0.39 is 0 Å². The highest BCUT2D eigenvalue weighted by Gasteiger charge is 2.32.